The molecule has 1 heterocycles. The maximum atomic E-state index is 13.9. The number of likely N-dealkylation sites (N-methyl/N-ethyl adjacent to an activating group) is 1. The molecule has 2 rings (SSSR count). The van der Waals surface area contributed by atoms with E-state index in [1.54, 1.807) is 0 Å². The number of amides is 1. The summed E-state index contributed by atoms with van der Waals surface area (Å²) in [7, 11) is 1.43. The van der Waals surface area contributed by atoms with Gasteiger partial charge in [0.05, 0.1) is 12.1 Å². The second kappa shape index (κ2) is 5.22. The number of carbonyl (C=O) groups is 1. The van der Waals surface area contributed by atoms with Gasteiger partial charge in [-0.1, -0.05) is 6.07 Å². The van der Waals surface area contributed by atoms with Crippen LogP contribution in [0.2, 0.25) is 0 Å². The minimum Gasteiger partial charge on any atom is -0.390 e. The van der Waals surface area contributed by atoms with Gasteiger partial charge in [-0.25, -0.2) is 8.78 Å². The molecule has 0 radical (unpaired) electrons. The molecule has 0 unspecified atom stereocenters. The van der Waals surface area contributed by atoms with E-state index in [2.05, 4.69) is 5.32 Å². The highest BCUT2D eigenvalue weighted by Gasteiger charge is 2.33. The Hall–Kier alpha value is -1.53. The van der Waals surface area contributed by atoms with Gasteiger partial charge in [0.2, 0.25) is 0 Å². The number of nitrogens with zero attached hydrogens (tertiary/aromatic N) is 1. The molecule has 0 aliphatic carbocycles. The monoisotopic (exact) mass is 270 g/mol. The molecule has 0 aromatic heterocycles. The van der Waals surface area contributed by atoms with Gasteiger partial charge in [-0.15, -0.1) is 0 Å². The average Bonchev–Trinajstić information content (AvgIpc) is 2.79. The third-order valence-corrected chi connectivity index (χ3v) is 3.47. The summed E-state index contributed by atoms with van der Waals surface area (Å²) in [5.41, 5.74) is -0.357. The highest BCUT2D eigenvalue weighted by molar-refractivity contribution is 5.95. The quantitative estimate of drug-likeness (QED) is 0.831. The van der Waals surface area contributed by atoms with Crippen molar-refractivity contribution in [2.75, 3.05) is 20.1 Å². The van der Waals surface area contributed by atoms with Crippen molar-refractivity contribution < 1.29 is 18.7 Å². The summed E-state index contributed by atoms with van der Waals surface area (Å²) in [4.78, 5) is 13.4. The van der Waals surface area contributed by atoms with Crippen LogP contribution >= 0.6 is 0 Å². The van der Waals surface area contributed by atoms with E-state index < -0.39 is 35.3 Å². The van der Waals surface area contributed by atoms with E-state index in [9.17, 15) is 18.7 Å². The third kappa shape index (κ3) is 2.46. The predicted octanol–water partition coefficient (Wildman–Crippen LogP) is 0.678. The van der Waals surface area contributed by atoms with Crippen molar-refractivity contribution in [1.82, 2.24) is 10.2 Å². The summed E-state index contributed by atoms with van der Waals surface area (Å²) in [6.07, 6.45) is -0.732. The highest BCUT2D eigenvalue weighted by atomic mass is 19.1. The molecule has 1 amide bonds. The van der Waals surface area contributed by atoms with Crippen LogP contribution in [0.15, 0.2) is 12.1 Å². The van der Waals surface area contributed by atoms with Gasteiger partial charge in [-0.3, -0.25) is 4.79 Å². The average molecular weight is 270 g/mol. The van der Waals surface area contributed by atoms with Crippen molar-refractivity contribution in [3.05, 3.63) is 34.9 Å². The van der Waals surface area contributed by atoms with E-state index in [0.717, 1.165) is 6.07 Å². The number of aliphatic hydroxyl groups is 1. The van der Waals surface area contributed by atoms with Crippen LogP contribution in [-0.2, 0) is 0 Å². The number of benzene rings is 1. The van der Waals surface area contributed by atoms with Gasteiger partial charge in [0.1, 0.15) is 17.2 Å². The van der Waals surface area contributed by atoms with Crippen LogP contribution in [0.5, 0.6) is 0 Å². The molecular weight excluding hydrogens is 254 g/mol. The molecule has 0 spiro atoms. The van der Waals surface area contributed by atoms with Gasteiger partial charge in [0.15, 0.2) is 0 Å². The van der Waals surface area contributed by atoms with Gasteiger partial charge in [-0.2, -0.15) is 0 Å². The minimum absolute atomic E-state index is 0.211. The first-order valence-corrected chi connectivity index (χ1v) is 6.04. The first-order valence-electron chi connectivity index (χ1n) is 6.04. The Morgan fingerprint density at radius 3 is 2.68 bits per heavy atom. The van der Waals surface area contributed by atoms with Crippen LogP contribution in [0.4, 0.5) is 8.78 Å². The summed E-state index contributed by atoms with van der Waals surface area (Å²) >= 11 is 0. The summed E-state index contributed by atoms with van der Waals surface area (Å²) < 4.78 is 27.6. The lowest BCUT2D eigenvalue weighted by Crippen LogP contribution is -2.44. The zero-order valence-corrected chi connectivity index (χ0v) is 10.8. The Bertz CT molecular complexity index is 508. The topological polar surface area (TPSA) is 52.6 Å². The molecule has 1 aromatic carbocycles. The lowest BCUT2D eigenvalue weighted by atomic mass is 10.1. The zero-order chi connectivity index (χ0) is 14.2. The number of carbonyl (C=O) groups excluding carboxylic acids is 1. The summed E-state index contributed by atoms with van der Waals surface area (Å²) in [6.45, 7) is 2.23. The fourth-order valence-electron chi connectivity index (χ4n) is 2.23. The van der Waals surface area contributed by atoms with Crippen molar-refractivity contribution >= 4 is 5.91 Å². The molecule has 4 nitrogen and oxygen atoms in total. The molecule has 1 aliphatic heterocycles. The van der Waals surface area contributed by atoms with Gasteiger partial charge in [0.25, 0.3) is 5.91 Å². The SMILES string of the molecule is Cc1ccc(F)c(C(=O)N(C)[C@@H]2CNC[C@H]2O)c1F. The van der Waals surface area contributed by atoms with Crippen molar-refractivity contribution in [2.24, 2.45) is 0 Å². The van der Waals surface area contributed by atoms with Crippen LogP contribution in [0.25, 0.3) is 0 Å². The molecular formula is C13H16F2N2O2. The Morgan fingerprint density at radius 2 is 2.11 bits per heavy atom. The van der Waals surface area contributed by atoms with Gasteiger partial charge in [0, 0.05) is 20.1 Å². The minimum atomic E-state index is -0.889. The molecule has 1 fully saturated rings. The Balaban J connectivity index is 2.31. The largest absolute Gasteiger partial charge is 0.390 e. The van der Waals surface area contributed by atoms with E-state index in [-0.39, 0.29) is 5.56 Å². The van der Waals surface area contributed by atoms with Crippen molar-refractivity contribution in [1.29, 1.82) is 0 Å². The molecule has 1 aliphatic rings. The summed E-state index contributed by atoms with van der Waals surface area (Å²) in [5.74, 6) is -2.50. The van der Waals surface area contributed by atoms with E-state index in [4.69, 9.17) is 0 Å². The molecule has 19 heavy (non-hydrogen) atoms. The first kappa shape index (κ1) is 13.9. The van der Waals surface area contributed by atoms with Crippen LogP contribution in [-0.4, -0.2) is 48.2 Å². The second-order valence-corrected chi connectivity index (χ2v) is 4.76. The molecule has 0 saturated carbocycles. The number of halogens is 2. The number of nitrogens with one attached hydrogen (secondary N) is 1. The number of β-amino-alcohol motifs (C(OH)–C–C–N with tert-alkyl or cyclic N) is 1. The molecule has 0 bridgehead atoms. The Morgan fingerprint density at radius 1 is 1.42 bits per heavy atom. The van der Waals surface area contributed by atoms with Crippen LogP contribution in [0.3, 0.4) is 0 Å². The van der Waals surface area contributed by atoms with Crippen molar-refractivity contribution in [2.45, 2.75) is 19.1 Å². The maximum absolute atomic E-state index is 13.9. The number of hydrogen-bond acceptors (Lipinski definition) is 3. The number of aryl methyl sites for hydroxylation is 1. The number of hydrogen-bond donors (Lipinski definition) is 2. The van der Waals surface area contributed by atoms with E-state index in [1.165, 1.54) is 24.9 Å². The first-order chi connectivity index (χ1) is 8.93. The Kier molecular flexibility index (Phi) is 3.82. The predicted molar refractivity (Wildman–Crippen MR) is 65.9 cm³/mol. The Labute approximate surface area is 110 Å². The van der Waals surface area contributed by atoms with Crippen molar-refractivity contribution in [3.63, 3.8) is 0 Å². The molecule has 2 N–H and O–H groups in total. The molecule has 6 heteroatoms. The standard InChI is InChI=1S/C13H16F2N2O2/c1-7-3-4-8(14)11(12(7)15)13(19)17(2)9-5-16-6-10(9)18/h3-4,9-10,16,18H,5-6H2,1-2H3/t9-,10-/m1/s1. The van der Waals surface area contributed by atoms with Crippen LogP contribution < -0.4 is 5.32 Å². The van der Waals surface area contributed by atoms with E-state index in [0.29, 0.717) is 13.1 Å². The number of rotatable bonds is 2. The summed E-state index contributed by atoms with van der Waals surface area (Å²) in [6, 6.07) is 1.88. The van der Waals surface area contributed by atoms with Crippen LogP contribution in [0.1, 0.15) is 15.9 Å². The van der Waals surface area contributed by atoms with E-state index >= 15 is 0 Å². The lowest BCUT2D eigenvalue weighted by molar-refractivity contribution is 0.0572. The molecule has 1 aromatic rings. The smallest absolute Gasteiger partial charge is 0.259 e. The fraction of sp³-hybridized carbons (Fsp3) is 0.462. The normalized spacial score (nSPS) is 22.6. The molecule has 2 atom stereocenters. The molecule has 1 saturated heterocycles. The fourth-order valence-corrected chi connectivity index (χ4v) is 2.23. The third-order valence-electron chi connectivity index (χ3n) is 3.47. The molecule has 104 valence electrons. The van der Waals surface area contributed by atoms with Gasteiger partial charge in [-0.05, 0) is 18.6 Å². The van der Waals surface area contributed by atoms with Crippen LogP contribution in [0, 0.1) is 18.6 Å². The van der Waals surface area contributed by atoms with Gasteiger partial charge >= 0.3 is 0 Å². The summed E-state index contributed by atoms with van der Waals surface area (Å²) in [5, 5.41) is 12.6. The maximum Gasteiger partial charge on any atom is 0.259 e. The highest BCUT2D eigenvalue weighted by Crippen LogP contribution is 2.20. The second-order valence-electron chi connectivity index (χ2n) is 4.76. The number of aliphatic hydroxyl groups excluding tert-OH is 1. The lowest BCUT2D eigenvalue weighted by Gasteiger charge is -2.26. The zero-order valence-electron chi connectivity index (χ0n) is 10.8. The van der Waals surface area contributed by atoms with Gasteiger partial charge < -0.3 is 15.3 Å². The van der Waals surface area contributed by atoms with Crippen molar-refractivity contribution in [3.8, 4) is 0 Å². The van der Waals surface area contributed by atoms with E-state index in [1.807, 2.05) is 0 Å².